The molecule has 0 spiro atoms. The monoisotopic (exact) mass is 306 g/mol. The van der Waals surface area contributed by atoms with Crippen molar-refractivity contribution in [1.29, 1.82) is 0 Å². The molecule has 0 aliphatic heterocycles. The molecule has 1 aromatic carbocycles. The van der Waals surface area contributed by atoms with Crippen molar-refractivity contribution in [3.63, 3.8) is 0 Å². The zero-order valence-electron chi connectivity index (χ0n) is 12.4. The summed E-state index contributed by atoms with van der Waals surface area (Å²) < 4.78 is 4.92. The van der Waals surface area contributed by atoms with Crippen LogP contribution in [0, 0.1) is 10.1 Å². The highest BCUT2D eigenvalue weighted by Gasteiger charge is 2.10. The number of amides is 1. The van der Waals surface area contributed by atoms with Gasteiger partial charge in [0.1, 0.15) is 0 Å². The summed E-state index contributed by atoms with van der Waals surface area (Å²) in [6.45, 7) is 3.63. The highest BCUT2D eigenvalue weighted by molar-refractivity contribution is 5.92. The minimum absolute atomic E-state index is 0.0727. The fourth-order valence-corrected chi connectivity index (χ4v) is 1.63. The Labute approximate surface area is 128 Å². The molecule has 1 rings (SSSR count). The van der Waals surface area contributed by atoms with Crippen LogP contribution in [-0.2, 0) is 14.3 Å². The Kier molecular flexibility index (Phi) is 6.75. The number of nitro benzene ring substituents is 1. The number of para-hydroxylation sites is 1. The first-order chi connectivity index (χ1) is 10.4. The molecule has 118 valence electrons. The van der Waals surface area contributed by atoms with Gasteiger partial charge in [-0.2, -0.15) is 0 Å². The number of benzene rings is 1. The molecule has 0 atom stereocenters. The van der Waals surface area contributed by atoms with Gasteiger partial charge in [-0.15, -0.1) is 0 Å². The van der Waals surface area contributed by atoms with Crippen LogP contribution >= 0.6 is 0 Å². The number of ether oxygens (including phenoxy) is 1. The summed E-state index contributed by atoms with van der Waals surface area (Å²) in [5.74, 6) is -0.825. The van der Waals surface area contributed by atoms with Gasteiger partial charge in [0.15, 0.2) is 0 Å². The summed E-state index contributed by atoms with van der Waals surface area (Å²) in [5, 5.41) is 13.3. The van der Waals surface area contributed by atoms with Gasteiger partial charge >= 0.3 is 5.97 Å². The van der Waals surface area contributed by atoms with Crippen LogP contribution in [0.1, 0.15) is 25.8 Å². The lowest BCUT2D eigenvalue weighted by molar-refractivity contribution is -0.385. The minimum Gasteiger partial charge on any atom is -0.463 e. The van der Waals surface area contributed by atoms with Crippen LogP contribution in [0.15, 0.2) is 30.3 Å². The second-order valence-corrected chi connectivity index (χ2v) is 4.73. The normalized spacial score (nSPS) is 10.7. The third kappa shape index (κ3) is 6.17. The van der Waals surface area contributed by atoms with E-state index < -0.39 is 16.8 Å². The number of nitro groups is 1. The number of hydrogen-bond donors (Lipinski definition) is 1. The molecule has 0 saturated heterocycles. The van der Waals surface area contributed by atoms with Gasteiger partial charge in [-0.05, 0) is 26.0 Å². The lowest BCUT2D eigenvalue weighted by Gasteiger charge is -2.07. The molecule has 0 aromatic heterocycles. The molecule has 7 nitrogen and oxygen atoms in total. The number of carbonyl (C=O) groups excluding carboxylic acids is 2. The molecular formula is C15H18N2O5. The molecule has 0 saturated carbocycles. The van der Waals surface area contributed by atoms with E-state index in [1.54, 1.807) is 32.0 Å². The first-order valence-corrected chi connectivity index (χ1v) is 6.79. The quantitative estimate of drug-likeness (QED) is 0.360. The van der Waals surface area contributed by atoms with Gasteiger partial charge in [-0.1, -0.05) is 12.1 Å². The molecule has 0 radical (unpaired) electrons. The molecule has 0 unspecified atom stereocenters. The Balaban J connectivity index is 2.49. The third-order valence-corrected chi connectivity index (χ3v) is 2.54. The van der Waals surface area contributed by atoms with Gasteiger partial charge in [0.25, 0.3) is 5.69 Å². The molecule has 1 aromatic rings. The van der Waals surface area contributed by atoms with Crippen molar-refractivity contribution in [3.8, 4) is 0 Å². The summed E-state index contributed by atoms with van der Waals surface area (Å²) in [6.07, 6.45) is 2.43. The average molecular weight is 306 g/mol. The summed E-state index contributed by atoms with van der Waals surface area (Å²) >= 11 is 0. The summed E-state index contributed by atoms with van der Waals surface area (Å²) in [6, 6.07) is 6.10. The SMILES string of the molecule is CC(C)OC(=O)CCNC(=O)/C=C/c1ccccc1[N+](=O)[O-]. The number of carbonyl (C=O) groups is 2. The molecule has 0 bridgehead atoms. The van der Waals surface area contributed by atoms with Crippen molar-refractivity contribution in [2.75, 3.05) is 6.54 Å². The van der Waals surface area contributed by atoms with E-state index >= 15 is 0 Å². The maximum absolute atomic E-state index is 11.6. The van der Waals surface area contributed by atoms with Crippen LogP contribution < -0.4 is 5.32 Å². The number of nitrogens with one attached hydrogen (secondary N) is 1. The first-order valence-electron chi connectivity index (χ1n) is 6.79. The topological polar surface area (TPSA) is 98.5 Å². The molecule has 1 amide bonds. The van der Waals surface area contributed by atoms with Gasteiger partial charge < -0.3 is 10.1 Å². The van der Waals surface area contributed by atoms with Crippen LogP contribution in [0.4, 0.5) is 5.69 Å². The summed E-state index contributed by atoms with van der Waals surface area (Å²) in [7, 11) is 0. The van der Waals surface area contributed by atoms with Crippen molar-refractivity contribution in [2.45, 2.75) is 26.4 Å². The van der Waals surface area contributed by atoms with E-state index in [1.165, 1.54) is 18.2 Å². The maximum atomic E-state index is 11.6. The first kappa shape index (κ1) is 17.4. The molecule has 0 aliphatic carbocycles. The van der Waals surface area contributed by atoms with E-state index in [-0.39, 0.29) is 24.8 Å². The van der Waals surface area contributed by atoms with Gasteiger partial charge in [-0.3, -0.25) is 19.7 Å². The molecule has 22 heavy (non-hydrogen) atoms. The van der Waals surface area contributed by atoms with Gasteiger partial charge in [-0.25, -0.2) is 0 Å². The Morgan fingerprint density at radius 2 is 2.05 bits per heavy atom. The maximum Gasteiger partial charge on any atom is 0.307 e. The second-order valence-electron chi connectivity index (χ2n) is 4.73. The van der Waals surface area contributed by atoms with Gasteiger partial charge in [0.2, 0.25) is 5.91 Å². The van der Waals surface area contributed by atoms with E-state index in [4.69, 9.17) is 4.74 Å². The van der Waals surface area contributed by atoms with E-state index in [2.05, 4.69) is 5.32 Å². The fraction of sp³-hybridized carbons (Fsp3) is 0.333. The zero-order valence-corrected chi connectivity index (χ0v) is 12.4. The summed E-state index contributed by atoms with van der Waals surface area (Å²) in [4.78, 5) is 33.2. The van der Waals surface area contributed by atoms with Crippen LogP contribution in [0.3, 0.4) is 0 Å². The van der Waals surface area contributed by atoms with Crippen molar-refractivity contribution in [2.24, 2.45) is 0 Å². The highest BCUT2D eigenvalue weighted by Crippen LogP contribution is 2.18. The molecular weight excluding hydrogens is 288 g/mol. The van der Waals surface area contributed by atoms with Crippen LogP contribution in [-0.4, -0.2) is 29.4 Å². The van der Waals surface area contributed by atoms with Crippen molar-refractivity contribution >= 4 is 23.6 Å². The average Bonchev–Trinajstić information content (AvgIpc) is 2.44. The lowest BCUT2D eigenvalue weighted by Crippen LogP contribution is -2.25. The Morgan fingerprint density at radius 1 is 1.36 bits per heavy atom. The minimum atomic E-state index is -0.514. The van der Waals surface area contributed by atoms with Crippen LogP contribution in [0.25, 0.3) is 6.08 Å². The number of rotatable bonds is 7. The third-order valence-electron chi connectivity index (χ3n) is 2.54. The summed E-state index contributed by atoms with van der Waals surface area (Å²) in [5.41, 5.74) is 0.258. The number of nitrogens with zero attached hydrogens (tertiary/aromatic N) is 1. The van der Waals surface area contributed by atoms with E-state index in [9.17, 15) is 19.7 Å². The van der Waals surface area contributed by atoms with Crippen LogP contribution in [0.2, 0.25) is 0 Å². The molecule has 7 heteroatoms. The largest absolute Gasteiger partial charge is 0.463 e. The molecule has 0 heterocycles. The Bertz CT molecular complexity index is 581. The standard InChI is InChI=1S/C15H18N2O5/c1-11(2)22-15(19)9-10-16-14(18)8-7-12-5-3-4-6-13(12)17(20)21/h3-8,11H,9-10H2,1-2H3,(H,16,18)/b8-7+. The highest BCUT2D eigenvalue weighted by atomic mass is 16.6. The Hall–Kier alpha value is -2.70. The van der Waals surface area contributed by atoms with Crippen molar-refractivity contribution in [1.82, 2.24) is 5.32 Å². The molecule has 0 aliphatic rings. The van der Waals surface area contributed by atoms with E-state index in [0.717, 1.165) is 0 Å². The predicted octanol–water partition coefficient (Wildman–Crippen LogP) is 2.07. The molecule has 1 N–H and O–H groups in total. The lowest BCUT2D eigenvalue weighted by atomic mass is 10.1. The zero-order chi connectivity index (χ0) is 16.5. The van der Waals surface area contributed by atoms with Gasteiger partial charge in [0, 0.05) is 18.7 Å². The number of hydrogen-bond acceptors (Lipinski definition) is 5. The second kappa shape index (κ2) is 8.56. The van der Waals surface area contributed by atoms with Gasteiger partial charge in [0.05, 0.1) is 23.0 Å². The van der Waals surface area contributed by atoms with Crippen LogP contribution in [0.5, 0.6) is 0 Å². The van der Waals surface area contributed by atoms with E-state index in [0.29, 0.717) is 5.56 Å². The fourth-order valence-electron chi connectivity index (χ4n) is 1.63. The number of esters is 1. The van der Waals surface area contributed by atoms with E-state index in [1.807, 2.05) is 0 Å². The van der Waals surface area contributed by atoms with Crippen molar-refractivity contribution < 1.29 is 19.2 Å². The predicted molar refractivity (Wildman–Crippen MR) is 81.0 cm³/mol. The van der Waals surface area contributed by atoms with Crippen molar-refractivity contribution in [3.05, 3.63) is 46.0 Å². The molecule has 0 fully saturated rings. The smallest absolute Gasteiger partial charge is 0.307 e. The Morgan fingerprint density at radius 3 is 2.68 bits per heavy atom.